The Morgan fingerprint density at radius 2 is 1.73 bits per heavy atom. The molecule has 4 atom stereocenters. The zero-order valence-electron chi connectivity index (χ0n) is 25.9. The van der Waals surface area contributed by atoms with Crippen LogP contribution in [0.1, 0.15) is 95.3 Å². The van der Waals surface area contributed by atoms with Crippen LogP contribution in [-0.2, 0) is 19.2 Å². The van der Waals surface area contributed by atoms with Crippen molar-refractivity contribution in [1.82, 2.24) is 26.3 Å². The average Bonchev–Trinajstić information content (AvgIpc) is 3.54. The van der Waals surface area contributed by atoms with Gasteiger partial charge in [-0.25, -0.2) is 14.3 Å². The quantitative estimate of drug-likeness (QED) is 0.124. The minimum Gasteiger partial charge on any atom is -0.352 e. The van der Waals surface area contributed by atoms with Gasteiger partial charge >= 0.3 is 0 Å². The number of rotatable bonds is 18. The molecule has 0 radical (unpaired) electrons. The summed E-state index contributed by atoms with van der Waals surface area (Å²) in [6.07, 6.45) is 5.81. The van der Waals surface area contributed by atoms with Crippen molar-refractivity contribution in [2.75, 3.05) is 19.6 Å². The van der Waals surface area contributed by atoms with Crippen molar-refractivity contribution in [3.63, 3.8) is 0 Å². The molecule has 0 spiro atoms. The number of halogens is 2. The van der Waals surface area contributed by atoms with Crippen LogP contribution in [0.2, 0.25) is 0 Å². The van der Waals surface area contributed by atoms with E-state index in [0.29, 0.717) is 25.3 Å². The Morgan fingerprint density at radius 1 is 1.02 bits per heavy atom. The number of hydrogen-bond donors (Lipinski definition) is 5. The van der Waals surface area contributed by atoms with E-state index in [1.54, 1.807) is 0 Å². The lowest BCUT2D eigenvalue weighted by molar-refractivity contribution is -0.149. The van der Waals surface area contributed by atoms with Crippen LogP contribution < -0.4 is 21.4 Å². The molecule has 1 fully saturated rings. The molecule has 0 aromatic heterocycles. The summed E-state index contributed by atoms with van der Waals surface area (Å²) in [5.41, 5.74) is 1.23. The Hall–Kier alpha value is -3.45. The van der Waals surface area contributed by atoms with Crippen molar-refractivity contribution < 1.29 is 38.0 Å². The molecule has 5 amide bonds. The topological polar surface area (TPSA) is 157 Å². The smallest absolute Gasteiger partial charge is 0.265 e. The monoisotopic (exact) mass is 623 g/mol. The van der Waals surface area contributed by atoms with Crippen molar-refractivity contribution in [2.45, 2.75) is 97.1 Å². The van der Waals surface area contributed by atoms with Gasteiger partial charge in [-0.2, -0.15) is 0 Å². The fourth-order valence-electron chi connectivity index (χ4n) is 5.29. The lowest BCUT2D eigenvalue weighted by atomic mass is 9.94. The molecule has 44 heavy (non-hydrogen) atoms. The third kappa shape index (κ3) is 11.9. The number of nitrogens with zero attached hydrogens (tertiary/aromatic N) is 1. The third-order valence-electron chi connectivity index (χ3n) is 7.75. The zero-order valence-corrected chi connectivity index (χ0v) is 25.9. The summed E-state index contributed by atoms with van der Waals surface area (Å²) < 4.78 is 26.8. The van der Waals surface area contributed by atoms with E-state index in [2.05, 4.69) is 22.9 Å². The molecule has 1 aromatic rings. The Balaban J connectivity index is 1.96. The van der Waals surface area contributed by atoms with Crippen LogP contribution in [0, 0.1) is 23.5 Å². The van der Waals surface area contributed by atoms with Gasteiger partial charge in [0.25, 0.3) is 11.8 Å². The van der Waals surface area contributed by atoms with E-state index < -0.39 is 41.4 Å². The summed E-state index contributed by atoms with van der Waals surface area (Å²) in [5, 5.41) is 17.2. The van der Waals surface area contributed by atoms with Crippen molar-refractivity contribution in [1.29, 1.82) is 0 Å². The van der Waals surface area contributed by atoms with Gasteiger partial charge in [-0.1, -0.05) is 40.0 Å². The van der Waals surface area contributed by atoms with Gasteiger partial charge in [-0.3, -0.25) is 34.1 Å². The molecule has 1 aromatic carbocycles. The van der Waals surface area contributed by atoms with Crippen molar-refractivity contribution >= 4 is 29.5 Å². The molecule has 13 heteroatoms. The van der Waals surface area contributed by atoms with Crippen LogP contribution >= 0.6 is 0 Å². The SMILES string of the molecule is CCCC[C@H](CCC)C(=O)N(C[C@@H](C)CCC(=O)N[C@@H](CCNC(=O)c1cc(F)cc(F)c1)C(=O)NO)C(=O)C1CCCN1. The maximum Gasteiger partial charge on any atom is 0.265 e. The van der Waals surface area contributed by atoms with Gasteiger partial charge < -0.3 is 16.0 Å². The van der Waals surface area contributed by atoms with Gasteiger partial charge in [0.15, 0.2) is 0 Å². The molecule has 246 valence electrons. The number of carbonyl (C=O) groups excluding carboxylic acids is 5. The minimum atomic E-state index is -1.20. The predicted octanol–water partition coefficient (Wildman–Crippen LogP) is 3.20. The molecule has 0 aliphatic carbocycles. The minimum absolute atomic E-state index is 0.0164. The number of imide groups is 1. The first-order chi connectivity index (χ1) is 21.0. The summed E-state index contributed by atoms with van der Waals surface area (Å²) in [6, 6.07) is 0.753. The highest BCUT2D eigenvalue weighted by molar-refractivity contribution is 5.99. The van der Waals surface area contributed by atoms with Gasteiger partial charge in [-0.15, -0.1) is 0 Å². The van der Waals surface area contributed by atoms with Crippen molar-refractivity contribution in [3.05, 3.63) is 35.4 Å². The van der Waals surface area contributed by atoms with E-state index >= 15 is 0 Å². The molecule has 2 rings (SSSR count). The van der Waals surface area contributed by atoms with E-state index in [-0.39, 0.29) is 55.1 Å². The molecule has 0 bridgehead atoms. The lowest BCUT2D eigenvalue weighted by Crippen LogP contribution is -2.50. The molecular formula is C31H47F2N5O6. The maximum absolute atomic E-state index is 13.6. The number of nitrogens with one attached hydrogen (secondary N) is 4. The maximum atomic E-state index is 13.6. The molecule has 1 aliphatic heterocycles. The van der Waals surface area contributed by atoms with Gasteiger partial charge in [0.05, 0.1) is 6.04 Å². The van der Waals surface area contributed by atoms with Crippen LogP contribution in [0.25, 0.3) is 0 Å². The number of amides is 5. The second-order valence-corrected chi connectivity index (χ2v) is 11.5. The van der Waals surface area contributed by atoms with E-state index in [4.69, 9.17) is 5.21 Å². The standard InChI is InChI=1S/C31H47F2N5O6/c1-4-6-9-21(8-5-2)30(42)38(31(43)26-10-7-14-34-26)19-20(3)11-12-27(39)36-25(29(41)37-44)13-15-35-28(40)22-16-23(32)18-24(33)17-22/h16-18,20-21,25-26,34,44H,4-15,19H2,1-3H3,(H,35,40)(H,36,39)(H,37,41)/t20-,21-,25-,26?/m0/s1. The first kappa shape index (κ1) is 36.7. The summed E-state index contributed by atoms with van der Waals surface area (Å²) in [4.78, 5) is 65.5. The Labute approximate surface area is 257 Å². The number of hydroxylamine groups is 1. The van der Waals surface area contributed by atoms with Crippen LogP contribution in [-0.4, -0.2) is 71.4 Å². The summed E-state index contributed by atoms with van der Waals surface area (Å²) in [7, 11) is 0. The average molecular weight is 624 g/mol. The van der Waals surface area contributed by atoms with Gasteiger partial charge in [0, 0.05) is 37.1 Å². The second-order valence-electron chi connectivity index (χ2n) is 11.5. The zero-order chi connectivity index (χ0) is 32.6. The number of hydrogen-bond acceptors (Lipinski definition) is 7. The molecule has 1 aliphatic rings. The van der Waals surface area contributed by atoms with Crippen molar-refractivity contribution in [3.8, 4) is 0 Å². The first-order valence-corrected chi connectivity index (χ1v) is 15.6. The highest BCUT2D eigenvalue weighted by atomic mass is 19.1. The van der Waals surface area contributed by atoms with Crippen LogP contribution in [0.4, 0.5) is 8.78 Å². The van der Waals surface area contributed by atoms with Crippen molar-refractivity contribution in [2.24, 2.45) is 11.8 Å². The first-order valence-electron chi connectivity index (χ1n) is 15.6. The van der Waals surface area contributed by atoms with E-state index in [0.717, 1.165) is 50.8 Å². The fraction of sp³-hybridized carbons (Fsp3) is 0.645. The van der Waals surface area contributed by atoms with Gasteiger partial charge in [0.1, 0.15) is 17.7 Å². The lowest BCUT2D eigenvalue weighted by Gasteiger charge is -2.30. The van der Waals surface area contributed by atoms with E-state index in [9.17, 15) is 32.8 Å². The molecule has 5 N–H and O–H groups in total. The molecular weight excluding hydrogens is 576 g/mol. The van der Waals surface area contributed by atoms with Gasteiger partial charge in [-0.05, 0) is 63.1 Å². The largest absolute Gasteiger partial charge is 0.352 e. The Bertz CT molecular complexity index is 1110. The molecule has 0 saturated carbocycles. The second kappa shape index (κ2) is 19.0. The van der Waals surface area contributed by atoms with E-state index in [1.807, 2.05) is 13.8 Å². The summed E-state index contributed by atoms with van der Waals surface area (Å²) in [6.45, 7) is 6.68. The fourth-order valence-corrected chi connectivity index (χ4v) is 5.29. The normalized spacial score (nSPS) is 16.5. The number of carbonyl (C=O) groups is 5. The molecule has 1 saturated heterocycles. The number of benzene rings is 1. The molecule has 1 heterocycles. The van der Waals surface area contributed by atoms with Crippen LogP contribution in [0.15, 0.2) is 18.2 Å². The van der Waals surface area contributed by atoms with E-state index in [1.165, 1.54) is 10.4 Å². The Kier molecular flexibility index (Phi) is 15.9. The molecule has 11 nitrogen and oxygen atoms in total. The van der Waals surface area contributed by atoms with Gasteiger partial charge in [0.2, 0.25) is 17.7 Å². The molecule has 1 unspecified atom stereocenters. The Morgan fingerprint density at radius 3 is 2.32 bits per heavy atom. The number of unbranched alkanes of at least 4 members (excludes halogenated alkanes) is 1. The summed E-state index contributed by atoms with van der Waals surface area (Å²) >= 11 is 0. The highest BCUT2D eigenvalue weighted by Crippen LogP contribution is 2.22. The third-order valence-corrected chi connectivity index (χ3v) is 7.75. The highest BCUT2D eigenvalue weighted by Gasteiger charge is 2.34. The predicted molar refractivity (Wildman–Crippen MR) is 159 cm³/mol. The van der Waals surface area contributed by atoms with Crippen LogP contribution in [0.5, 0.6) is 0 Å². The summed E-state index contributed by atoms with van der Waals surface area (Å²) in [5.74, 6) is -4.86. The van der Waals surface area contributed by atoms with Crippen LogP contribution in [0.3, 0.4) is 0 Å².